The molecule has 0 amide bonds. The monoisotopic (exact) mass is 335 g/mol. The molecule has 2 nitrogen and oxygen atoms in total. The minimum absolute atomic E-state index is 0.534. The molecule has 0 N–H and O–H groups in total. The molecule has 1 unspecified atom stereocenters. The molecule has 14 heavy (non-hydrogen) atoms. The predicted molar refractivity (Wildman–Crippen MR) is 63.4 cm³/mol. The van der Waals surface area contributed by atoms with Crippen LogP contribution >= 0.6 is 17.1 Å². The van der Waals surface area contributed by atoms with Crippen LogP contribution in [0.5, 0.6) is 0 Å². The molecule has 0 bridgehead atoms. The fraction of sp³-hybridized carbons (Fsp3) is 0.500. The summed E-state index contributed by atoms with van der Waals surface area (Å²) >= 11 is 8.40. The Morgan fingerprint density at radius 3 is 2.50 bits per heavy atom. The topological polar surface area (TPSA) is 18.5 Å². The van der Waals surface area contributed by atoms with Gasteiger partial charge in [0.2, 0.25) is 0 Å². The summed E-state index contributed by atoms with van der Waals surface area (Å²) in [6.45, 7) is 4.47. The van der Waals surface area contributed by atoms with Gasteiger partial charge in [0.15, 0.2) is 0 Å². The molecule has 0 spiro atoms. The van der Waals surface area contributed by atoms with Gasteiger partial charge in [-0.2, -0.15) is 0 Å². The average Bonchev–Trinajstić information content (AvgIpc) is 2.19. The molecule has 0 aliphatic heterocycles. The first-order chi connectivity index (χ1) is 6.68. The summed E-state index contributed by atoms with van der Waals surface area (Å²) in [6.07, 6.45) is 7.91. The summed E-state index contributed by atoms with van der Waals surface area (Å²) in [7, 11) is 0. The van der Waals surface area contributed by atoms with Crippen molar-refractivity contribution in [3.63, 3.8) is 0 Å². The molecule has 0 rings (SSSR count). The molecule has 6 heteroatoms. The zero-order valence-electron chi connectivity index (χ0n) is 8.21. The molecular weight excluding hydrogens is 319 g/mol. The van der Waals surface area contributed by atoms with Gasteiger partial charge in [0.25, 0.3) is 0 Å². The van der Waals surface area contributed by atoms with Gasteiger partial charge in [-0.05, 0) is 0 Å². The summed E-state index contributed by atoms with van der Waals surface area (Å²) in [5.41, 5.74) is -2.11. The molecule has 0 aromatic rings. The Morgan fingerprint density at radius 1 is 1.36 bits per heavy atom. The van der Waals surface area contributed by atoms with Gasteiger partial charge in [-0.25, -0.2) is 0 Å². The fourth-order valence-corrected chi connectivity index (χ4v) is 4.77. The van der Waals surface area contributed by atoms with Gasteiger partial charge in [0.05, 0.1) is 0 Å². The average molecular weight is 333 g/mol. The molecule has 1 atom stereocenters. The van der Waals surface area contributed by atoms with Gasteiger partial charge in [0, 0.05) is 0 Å². The van der Waals surface area contributed by atoms with E-state index in [4.69, 9.17) is 19.5 Å². The number of hydrogen-bond donors (Lipinski definition) is 0. The van der Waals surface area contributed by atoms with Gasteiger partial charge in [0.1, 0.15) is 0 Å². The first-order valence-electron chi connectivity index (χ1n) is 4.11. The van der Waals surface area contributed by atoms with E-state index in [2.05, 4.69) is 0 Å². The van der Waals surface area contributed by atoms with Crippen LogP contribution in [0.1, 0.15) is 13.8 Å². The second-order valence-corrected chi connectivity index (χ2v) is 9.60. The molecular formula is C8H14MoO2PS2. The van der Waals surface area contributed by atoms with Crippen molar-refractivity contribution in [2.75, 3.05) is 12.4 Å². The number of rotatable bonds is 7. The van der Waals surface area contributed by atoms with Gasteiger partial charge in [-0.3, -0.25) is 0 Å². The first-order valence-corrected chi connectivity index (χ1v) is 9.16. The molecule has 0 saturated heterocycles. The Balaban J connectivity index is 3.97. The zero-order valence-corrected chi connectivity index (χ0v) is 12.7. The van der Waals surface area contributed by atoms with Crippen LogP contribution in [-0.2, 0) is 39.7 Å². The van der Waals surface area contributed by atoms with E-state index in [0.717, 1.165) is 5.75 Å². The van der Waals surface area contributed by atoms with Crippen LogP contribution in [0, 0.1) is 0 Å². The third-order valence-corrected chi connectivity index (χ3v) is 9.01. The van der Waals surface area contributed by atoms with Crippen LogP contribution in [0.4, 0.5) is 0 Å². The SMILES string of the molecule is CC=CCOP(=S)([O][Mo])SCC=CC. The van der Waals surface area contributed by atoms with Gasteiger partial charge >= 0.3 is 107 Å². The molecule has 0 saturated carbocycles. The molecule has 0 aromatic carbocycles. The van der Waals surface area contributed by atoms with Crippen molar-refractivity contribution in [3.05, 3.63) is 24.3 Å². The van der Waals surface area contributed by atoms with Crippen molar-refractivity contribution in [3.8, 4) is 0 Å². The van der Waals surface area contributed by atoms with Crippen molar-refractivity contribution >= 4 is 28.9 Å². The maximum atomic E-state index is 5.51. The molecule has 0 heterocycles. The van der Waals surface area contributed by atoms with Crippen molar-refractivity contribution in [2.45, 2.75) is 13.8 Å². The Labute approximate surface area is 107 Å². The van der Waals surface area contributed by atoms with Crippen LogP contribution in [0.2, 0.25) is 0 Å². The first kappa shape index (κ1) is 15.1. The number of hydrogen-bond acceptors (Lipinski definition) is 4. The predicted octanol–water partition coefficient (Wildman–Crippen LogP) is 3.59. The van der Waals surface area contributed by atoms with Crippen molar-refractivity contribution in [1.82, 2.24) is 0 Å². The van der Waals surface area contributed by atoms with Crippen LogP contribution in [0.25, 0.3) is 0 Å². The van der Waals surface area contributed by atoms with E-state index in [-0.39, 0.29) is 0 Å². The maximum absolute atomic E-state index is 5.51. The fourth-order valence-electron chi connectivity index (χ4n) is 0.541. The standard InChI is InChI=1S/C8H15O2PS2.Mo/c1-3-5-7-10-11(9,12)13-8-6-4-2;/h3-6H,7-8H2,1-2H3,(H,9,12);/q;+1/p-1. The molecule has 0 aliphatic carbocycles. The number of allylic oxidation sites excluding steroid dienone is 2. The Bertz CT molecular complexity index is 223. The van der Waals surface area contributed by atoms with Crippen LogP contribution in [0.3, 0.4) is 0 Å². The molecule has 0 aliphatic rings. The van der Waals surface area contributed by atoms with Crippen molar-refractivity contribution in [2.24, 2.45) is 0 Å². The third kappa shape index (κ3) is 7.39. The van der Waals surface area contributed by atoms with E-state index in [1.165, 1.54) is 20.2 Å². The summed E-state index contributed by atoms with van der Waals surface area (Å²) in [5, 5.41) is 0. The van der Waals surface area contributed by atoms with Gasteiger partial charge in [-0.15, -0.1) is 0 Å². The van der Waals surface area contributed by atoms with E-state index >= 15 is 0 Å². The third-order valence-electron chi connectivity index (χ3n) is 1.22. The van der Waals surface area contributed by atoms with E-state index in [0.29, 0.717) is 6.61 Å². The van der Waals surface area contributed by atoms with E-state index < -0.39 is 5.69 Å². The summed E-state index contributed by atoms with van der Waals surface area (Å²) in [4.78, 5) is 0. The molecule has 0 aromatic heterocycles. The second kappa shape index (κ2) is 9.32. The quantitative estimate of drug-likeness (QED) is 0.402. The van der Waals surface area contributed by atoms with E-state index in [1.807, 2.05) is 38.2 Å². The summed E-state index contributed by atoms with van der Waals surface area (Å²) < 4.78 is 10.8. The summed E-state index contributed by atoms with van der Waals surface area (Å²) in [5.74, 6) is 0.846. The minimum atomic E-state index is -2.11. The molecule has 0 radical (unpaired) electrons. The molecule has 0 fully saturated rings. The van der Waals surface area contributed by atoms with E-state index in [1.54, 1.807) is 11.4 Å². The van der Waals surface area contributed by atoms with Crippen molar-refractivity contribution < 1.29 is 27.9 Å². The van der Waals surface area contributed by atoms with Crippen LogP contribution in [0.15, 0.2) is 24.3 Å². The Kier molecular flexibility index (Phi) is 10.0. The van der Waals surface area contributed by atoms with E-state index in [9.17, 15) is 0 Å². The van der Waals surface area contributed by atoms with Gasteiger partial charge < -0.3 is 0 Å². The van der Waals surface area contributed by atoms with Crippen molar-refractivity contribution in [1.29, 1.82) is 0 Å². The normalized spacial score (nSPS) is 16.4. The zero-order chi connectivity index (χ0) is 10.9. The van der Waals surface area contributed by atoms with Crippen LogP contribution in [-0.4, -0.2) is 12.4 Å². The second-order valence-electron chi connectivity index (χ2n) is 2.25. The Morgan fingerprint density at radius 2 is 2.00 bits per heavy atom. The van der Waals surface area contributed by atoms with Gasteiger partial charge in [-0.1, -0.05) is 0 Å². The Hall–Kier alpha value is 1.09. The summed E-state index contributed by atoms with van der Waals surface area (Å²) in [6, 6.07) is 0. The molecule has 81 valence electrons. The van der Waals surface area contributed by atoms with Crippen LogP contribution < -0.4 is 0 Å².